The van der Waals surface area contributed by atoms with Crippen LogP contribution in [0.2, 0.25) is 0 Å². The molecule has 6 heteroatoms. The first kappa shape index (κ1) is 14.6. The number of rotatable bonds is 6. The zero-order chi connectivity index (χ0) is 12.8. The van der Waals surface area contributed by atoms with E-state index >= 15 is 0 Å². The second-order valence-electron chi connectivity index (χ2n) is 3.38. The van der Waals surface area contributed by atoms with Crippen LogP contribution in [0.15, 0.2) is 16.6 Å². The molecule has 0 radical (unpaired) electrons. The van der Waals surface area contributed by atoms with E-state index in [0.717, 1.165) is 27.3 Å². The summed E-state index contributed by atoms with van der Waals surface area (Å²) in [5, 5.41) is 0. The summed E-state index contributed by atoms with van der Waals surface area (Å²) >= 11 is 5.20. The van der Waals surface area contributed by atoms with E-state index in [1.807, 2.05) is 18.4 Å². The third-order valence-electron chi connectivity index (χ3n) is 2.43. The van der Waals surface area contributed by atoms with Crippen LogP contribution < -0.4 is 20.7 Å². The summed E-state index contributed by atoms with van der Waals surface area (Å²) in [6, 6.07) is 3.90. The Bertz CT molecular complexity index is 377. The minimum atomic E-state index is 0.0437. The number of methoxy groups -OCH3 is 2. The van der Waals surface area contributed by atoms with E-state index in [2.05, 4.69) is 21.4 Å². The van der Waals surface area contributed by atoms with Gasteiger partial charge in [-0.2, -0.15) is 11.8 Å². The van der Waals surface area contributed by atoms with Gasteiger partial charge >= 0.3 is 0 Å². The molecule has 4 nitrogen and oxygen atoms in total. The molecule has 0 aromatic heterocycles. The van der Waals surface area contributed by atoms with E-state index in [4.69, 9.17) is 15.3 Å². The fraction of sp³-hybridized carbons (Fsp3) is 0.455. The predicted molar refractivity (Wildman–Crippen MR) is 75.7 cm³/mol. The molecular formula is C11H17BrN2O2S. The number of hydrazine groups is 1. The standard InChI is InChI=1S/C11H17BrN2O2S/c1-15-9-5-4-7(8(14-13)6-17-3)11(16-2)10(9)12/h4-5,8,14H,6,13H2,1-3H3. The minimum absolute atomic E-state index is 0.0437. The molecule has 1 aromatic carbocycles. The number of nitrogens with two attached hydrogens (primary N) is 1. The molecule has 0 amide bonds. The van der Waals surface area contributed by atoms with Crippen LogP contribution in [-0.4, -0.2) is 26.2 Å². The van der Waals surface area contributed by atoms with E-state index < -0.39 is 0 Å². The Morgan fingerprint density at radius 2 is 2.12 bits per heavy atom. The van der Waals surface area contributed by atoms with Crippen LogP contribution in [-0.2, 0) is 0 Å². The van der Waals surface area contributed by atoms with Crippen molar-refractivity contribution < 1.29 is 9.47 Å². The van der Waals surface area contributed by atoms with Gasteiger partial charge in [0.05, 0.1) is 20.3 Å². The van der Waals surface area contributed by atoms with Crippen molar-refractivity contribution in [2.75, 3.05) is 26.2 Å². The third kappa shape index (κ3) is 3.28. The Kier molecular flexibility index (Phi) is 6.11. The van der Waals surface area contributed by atoms with Crippen LogP contribution in [0, 0.1) is 0 Å². The number of halogens is 1. The summed E-state index contributed by atoms with van der Waals surface area (Å²) in [5.74, 6) is 7.93. The Morgan fingerprint density at radius 3 is 2.59 bits per heavy atom. The second kappa shape index (κ2) is 7.10. The Morgan fingerprint density at radius 1 is 1.41 bits per heavy atom. The molecule has 0 saturated heterocycles. The topological polar surface area (TPSA) is 56.5 Å². The SMILES string of the molecule is COc1ccc(C(CSC)NN)c(OC)c1Br. The van der Waals surface area contributed by atoms with Crippen molar-refractivity contribution in [3.63, 3.8) is 0 Å². The van der Waals surface area contributed by atoms with Gasteiger partial charge in [0.1, 0.15) is 16.0 Å². The maximum Gasteiger partial charge on any atom is 0.141 e. The molecule has 0 spiro atoms. The zero-order valence-electron chi connectivity index (χ0n) is 10.1. The maximum absolute atomic E-state index is 5.57. The van der Waals surface area contributed by atoms with Crippen LogP contribution in [0.25, 0.3) is 0 Å². The van der Waals surface area contributed by atoms with Crippen LogP contribution in [0.5, 0.6) is 11.5 Å². The normalized spacial score (nSPS) is 12.3. The summed E-state index contributed by atoms with van der Waals surface area (Å²) in [6.45, 7) is 0. The first-order valence-corrected chi connectivity index (χ1v) is 7.23. The number of hydrogen-bond acceptors (Lipinski definition) is 5. The Labute approximate surface area is 114 Å². The van der Waals surface area contributed by atoms with Crippen molar-refractivity contribution in [1.29, 1.82) is 0 Å². The van der Waals surface area contributed by atoms with Gasteiger partial charge in [0, 0.05) is 11.3 Å². The molecule has 0 fully saturated rings. The lowest BCUT2D eigenvalue weighted by Crippen LogP contribution is -2.30. The Hall–Kier alpha value is -0.430. The predicted octanol–water partition coefficient (Wildman–Crippen LogP) is 2.33. The molecule has 0 heterocycles. The van der Waals surface area contributed by atoms with Gasteiger partial charge in [-0.15, -0.1) is 0 Å². The van der Waals surface area contributed by atoms with Crippen molar-refractivity contribution in [2.45, 2.75) is 6.04 Å². The molecule has 1 unspecified atom stereocenters. The lowest BCUT2D eigenvalue weighted by molar-refractivity contribution is 0.382. The number of nitrogens with one attached hydrogen (secondary N) is 1. The molecule has 96 valence electrons. The minimum Gasteiger partial charge on any atom is -0.495 e. The molecular weight excluding hydrogens is 304 g/mol. The molecule has 1 atom stereocenters. The lowest BCUT2D eigenvalue weighted by Gasteiger charge is -2.20. The van der Waals surface area contributed by atoms with E-state index in [-0.39, 0.29) is 6.04 Å². The van der Waals surface area contributed by atoms with Crippen LogP contribution in [0.3, 0.4) is 0 Å². The van der Waals surface area contributed by atoms with Gasteiger partial charge in [-0.05, 0) is 34.3 Å². The first-order valence-electron chi connectivity index (χ1n) is 5.05. The summed E-state index contributed by atoms with van der Waals surface area (Å²) in [5.41, 5.74) is 3.81. The van der Waals surface area contributed by atoms with E-state index in [0.29, 0.717) is 0 Å². The fourth-order valence-electron chi connectivity index (χ4n) is 1.59. The maximum atomic E-state index is 5.57. The monoisotopic (exact) mass is 320 g/mol. The van der Waals surface area contributed by atoms with Gasteiger partial charge in [-0.1, -0.05) is 0 Å². The fourth-order valence-corrected chi connectivity index (χ4v) is 2.88. The molecule has 3 N–H and O–H groups in total. The van der Waals surface area contributed by atoms with E-state index in [1.165, 1.54) is 0 Å². The largest absolute Gasteiger partial charge is 0.495 e. The quantitative estimate of drug-likeness (QED) is 0.622. The highest BCUT2D eigenvalue weighted by molar-refractivity contribution is 9.10. The molecule has 1 aromatic rings. The van der Waals surface area contributed by atoms with E-state index in [9.17, 15) is 0 Å². The highest BCUT2D eigenvalue weighted by Crippen LogP contribution is 2.39. The summed E-state index contributed by atoms with van der Waals surface area (Å²) in [7, 11) is 3.26. The molecule has 0 aliphatic rings. The average molecular weight is 321 g/mol. The summed E-state index contributed by atoms with van der Waals surface area (Å²) in [4.78, 5) is 0. The van der Waals surface area contributed by atoms with Crippen molar-refractivity contribution in [2.24, 2.45) is 5.84 Å². The summed E-state index contributed by atoms with van der Waals surface area (Å²) in [6.07, 6.45) is 2.04. The number of thioether (sulfide) groups is 1. The van der Waals surface area contributed by atoms with Crippen molar-refractivity contribution in [3.8, 4) is 11.5 Å². The van der Waals surface area contributed by atoms with Crippen LogP contribution in [0.1, 0.15) is 11.6 Å². The van der Waals surface area contributed by atoms with Crippen LogP contribution in [0.4, 0.5) is 0 Å². The number of hydrogen-bond donors (Lipinski definition) is 2. The van der Waals surface area contributed by atoms with Gasteiger partial charge < -0.3 is 9.47 Å². The average Bonchev–Trinajstić information content (AvgIpc) is 2.35. The van der Waals surface area contributed by atoms with Crippen molar-refractivity contribution >= 4 is 27.7 Å². The van der Waals surface area contributed by atoms with Gasteiger partial charge in [0.25, 0.3) is 0 Å². The molecule has 1 rings (SSSR count). The van der Waals surface area contributed by atoms with Crippen LogP contribution >= 0.6 is 27.7 Å². The van der Waals surface area contributed by atoms with Gasteiger partial charge in [0.15, 0.2) is 0 Å². The van der Waals surface area contributed by atoms with E-state index in [1.54, 1.807) is 26.0 Å². The van der Waals surface area contributed by atoms with Crippen molar-refractivity contribution in [3.05, 3.63) is 22.2 Å². The molecule has 0 saturated carbocycles. The molecule has 0 bridgehead atoms. The zero-order valence-corrected chi connectivity index (χ0v) is 12.5. The lowest BCUT2D eigenvalue weighted by atomic mass is 10.1. The second-order valence-corrected chi connectivity index (χ2v) is 5.08. The number of benzene rings is 1. The van der Waals surface area contributed by atoms with Gasteiger partial charge in [-0.25, -0.2) is 0 Å². The third-order valence-corrected chi connectivity index (χ3v) is 3.84. The summed E-state index contributed by atoms with van der Waals surface area (Å²) < 4.78 is 11.5. The van der Waals surface area contributed by atoms with Gasteiger partial charge in [-0.3, -0.25) is 11.3 Å². The van der Waals surface area contributed by atoms with Gasteiger partial charge in [0.2, 0.25) is 0 Å². The molecule has 0 aliphatic heterocycles. The first-order chi connectivity index (χ1) is 8.19. The Balaban J connectivity index is 3.18. The highest BCUT2D eigenvalue weighted by Gasteiger charge is 2.19. The number of ether oxygens (including phenoxy) is 2. The highest BCUT2D eigenvalue weighted by atomic mass is 79.9. The molecule has 0 aliphatic carbocycles. The molecule has 17 heavy (non-hydrogen) atoms. The smallest absolute Gasteiger partial charge is 0.141 e. The van der Waals surface area contributed by atoms with Crippen molar-refractivity contribution in [1.82, 2.24) is 5.43 Å².